The van der Waals surface area contributed by atoms with E-state index in [0.29, 0.717) is 6.10 Å². The van der Waals surface area contributed by atoms with E-state index in [2.05, 4.69) is 6.92 Å². The minimum absolute atomic E-state index is 0.635. The summed E-state index contributed by atoms with van der Waals surface area (Å²) in [4.78, 5) is 0. The molecule has 2 fully saturated rings. The second-order valence-electron chi connectivity index (χ2n) is 4.17. The van der Waals surface area contributed by atoms with Gasteiger partial charge in [0.25, 0.3) is 0 Å². The summed E-state index contributed by atoms with van der Waals surface area (Å²) in [5.41, 5.74) is 0. The van der Waals surface area contributed by atoms with Crippen molar-refractivity contribution in [3.05, 3.63) is 0 Å². The minimum Gasteiger partial charge on any atom is -0.377 e. The summed E-state index contributed by atoms with van der Waals surface area (Å²) in [5, 5.41) is 0. The van der Waals surface area contributed by atoms with Gasteiger partial charge in [0.05, 0.1) is 12.7 Å². The van der Waals surface area contributed by atoms with Crippen molar-refractivity contribution in [2.75, 3.05) is 6.61 Å². The van der Waals surface area contributed by atoms with Gasteiger partial charge in [0.1, 0.15) is 0 Å². The Labute approximate surface area is 69.1 Å². The Bertz CT molecular complexity index is 127. The molecule has 1 heterocycles. The molecule has 2 rings (SSSR count). The minimum atomic E-state index is 0.635. The molecule has 0 radical (unpaired) electrons. The van der Waals surface area contributed by atoms with E-state index in [-0.39, 0.29) is 0 Å². The Kier molecular flexibility index (Phi) is 2.17. The smallest absolute Gasteiger partial charge is 0.0650 e. The van der Waals surface area contributed by atoms with E-state index in [0.717, 1.165) is 18.4 Å². The summed E-state index contributed by atoms with van der Waals surface area (Å²) in [6.07, 6.45) is 7.83. The van der Waals surface area contributed by atoms with Gasteiger partial charge >= 0.3 is 0 Å². The van der Waals surface area contributed by atoms with Crippen molar-refractivity contribution in [3.63, 3.8) is 0 Å². The van der Waals surface area contributed by atoms with Crippen molar-refractivity contribution in [1.82, 2.24) is 0 Å². The largest absolute Gasteiger partial charge is 0.377 e. The maximum absolute atomic E-state index is 5.58. The molecule has 2 atom stereocenters. The van der Waals surface area contributed by atoms with Crippen LogP contribution in [0.3, 0.4) is 0 Å². The first-order valence-electron chi connectivity index (χ1n) is 4.99. The molecule has 0 aromatic rings. The lowest BCUT2D eigenvalue weighted by Crippen LogP contribution is -2.43. The van der Waals surface area contributed by atoms with Crippen LogP contribution >= 0.6 is 0 Å². The number of rotatable bonds is 1. The molecular weight excluding hydrogens is 136 g/mol. The Morgan fingerprint density at radius 1 is 1.09 bits per heavy atom. The third-order valence-electron chi connectivity index (χ3n) is 3.23. The molecule has 0 amide bonds. The van der Waals surface area contributed by atoms with Gasteiger partial charge in [-0.25, -0.2) is 0 Å². The van der Waals surface area contributed by atoms with Crippen molar-refractivity contribution >= 4 is 0 Å². The van der Waals surface area contributed by atoms with Crippen molar-refractivity contribution in [2.45, 2.75) is 45.1 Å². The molecule has 2 unspecified atom stereocenters. The zero-order chi connectivity index (χ0) is 7.68. The van der Waals surface area contributed by atoms with E-state index < -0.39 is 0 Å². The fourth-order valence-corrected chi connectivity index (χ4v) is 2.46. The molecule has 1 saturated carbocycles. The molecule has 0 bridgehead atoms. The van der Waals surface area contributed by atoms with Crippen LogP contribution in [0.15, 0.2) is 0 Å². The highest BCUT2D eigenvalue weighted by molar-refractivity contribution is 4.83. The number of hydrogen-bond acceptors (Lipinski definition) is 1. The third kappa shape index (κ3) is 1.44. The van der Waals surface area contributed by atoms with E-state index in [1.165, 1.54) is 32.1 Å². The second kappa shape index (κ2) is 3.14. The lowest BCUT2D eigenvalue weighted by molar-refractivity contribution is -0.142. The molecule has 2 aliphatic rings. The summed E-state index contributed by atoms with van der Waals surface area (Å²) >= 11 is 0. The Morgan fingerprint density at radius 3 is 2.27 bits per heavy atom. The Balaban J connectivity index is 1.83. The zero-order valence-corrected chi connectivity index (χ0v) is 7.38. The van der Waals surface area contributed by atoms with Crippen molar-refractivity contribution in [3.8, 4) is 0 Å². The highest BCUT2D eigenvalue weighted by Gasteiger charge is 2.35. The standard InChI is InChI=1S/C10H18O/c1-8-7-11-10(8)9-5-3-2-4-6-9/h8-10H,2-7H2,1H3. The van der Waals surface area contributed by atoms with Crippen LogP contribution in [0.25, 0.3) is 0 Å². The lowest BCUT2D eigenvalue weighted by atomic mass is 9.79. The number of ether oxygens (including phenoxy) is 1. The van der Waals surface area contributed by atoms with E-state index in [4.69, 9.17) is 4.74 Å². The molecule has 11 heavy (non-hydrogen) atoms. The van der Waals surface area contributed by atoms with Crippen LogP contribution in [0.4, 0.5) is 0 Å². The predicted octanol–water partition coefficient (Wildman–Crippen LogP) is 2.60. The van der Waals surface area contributed by atoms with Crippen LogP contribution in [0.1, 0.15) is 39.0 Å². The van der Waals surface area contributed by atoms with E-state index in [1.54, 1.807) is 0 Å². The SMILES string of the molecule is CC1COC1C1CCCCC1. The van der Waals surface area contributed by atoms with Crippen LogP contribution in [0, 0.1) is 11.8 Å². The number of hydrogen-bond donors (Lipinski definition) is 0. The van der Waals surface area contributed by atoms with Crippen LogP contribution in [0.2, 0.25) is 0 Å². The molecule has 0 aromatic carbocycles. The van der Waals surface area contributed by atoms with Crippen molar-refractivity contribution in [1.29, 1.82) is 0 Å². The lowest BCUT2D eigenvalue weighted by Gasteiger charge is -2.41. The molecule has 1 saturated heterocycles. The first-order valence-corrected chi connectivity index (χ1v) is 4.99. The Morgan fingerprint density at radius 2 is 1.82 bits per heavy atom. The average molecular weight is 154 g/mol. The van der Waals surface area contributed by atoms with Gasteiger partial charge in [0.2, 0.25) is 0 Å². The molecule has 64 valence electrons. The van der Waals surface area contributed by atoms with Crippen molar-refractivity contribution in [2.24, 2.45) is 11.8 Å². The van der Waals surface area contributed by atoms with Gasteiger partial charge in [-0.05, 0) is 18.8 Å². The highest BCUT2D eigenvalue weighted by atomic mass is 16.5. The van der Waals surface area contributed by atoms with Crippen LogP contribution in [0.5, 0.6) is 0 Å². The first kappa shape index (κ1) is 7.60. The zero-order valence-electron chi connectivity index (χ0n) is 7.38. The molecule has 1 nitrogen and oxygen atoms in total. The summed E-state index contributed by atoms with van der Waals surface area (Å²) in [6.45, 7) is 3.34. The Hall–Kier alpha value is -0.0400. The van der Waals surface area contributed by atoms with E-state index in [9.17, 15) is 0 Å². The van der Waals surface area contributed by atoms with Gasteiger partial charge in [-0.15, -0.1) is 0 Å². The summed E-state index contributed by atoms with van der Waals surface area (Å²) in [6, 6.07) is 0. The summed E-state index contributed by atoms with van der Waals surface area (Å²) in [7, 11) is 0. The van der Waals surface area contributed by atoms with E-state index in [1.807, 2.05) is 0 Å². The van der Waals surface area contributed by atoms with Gasteiger partial charge < -0.3 is 4.74 Å². The molecule has 1 aliphatic carbocycles. The fourth-order valence-electron chi connectivity index (χ4n) is 2.46. The van der Waals surface area contributed by atoms with Crippen LogP contribution in [-0.4, -0.2) is 12.7 Å². The van der Waals surface area contributed by atoms with Crippen LogP contribution in [-0.2, 0) is 4.74 Å². The van der Waals surface area contributed by atoms with Crippen LogP contribution < -0.4 is 0 Å². The van der Waals surface area contributed by atoms with Gasteiger partial charge in [-0.2, -0.15) is 0 Å². The van der Waals surface area contributed by atoms with Gasteiger partial charge in [0, 0.05) is 5.92 Å². The monoisotopic (exact) mass is 154 g/mol. The quantitative estimate of drug-likeness (QED) is 0.564. The summed E-state index contributed by atoms with van der Waals surface area (Å²) < 4.78 is 5.58. The summed E-state index contributed by atoms with van der Waals surface area (Å²) in [5.74, 6) is 1.76. The normalized spacial score (nSPS) is 40.1. The molecule has 0 spiro atoms. The van der Waals surface area contributed by atoms with Gasteiger partial charge in [-0.1, -0.05) is 26.2 Å². The highest BCUT2D eigenvalue weighted by Crippen LogP contribution is 2.35. The van der Waals surface area contributed by atoms with Gasteiger partial charge in [-0.3, -0.25) is 0 Å². The topological polar surface area (TPSA) is 9.23 Å². The van der Waals surface area contributed by atoms with Gasteiger partial charge in [0.15, 0.2) is 0 Å². The average Bonchev–Trinajstić information content (AvgIpc) is 2.04. The molecule has 0 aromatic heterocycles. The molecule has 1 heteroatoms. The molecule has 1 aliphatic heterocycles. The maximum atomic E-state index is 5.58. The van der Waals surface area contributed by atoms with E-state index >= 15 is 0 Å². The van der Waals surface area contributed by atoms with Crippen molar-refractivity contribution < 1.29 is 4.74 Å². The molecular formula is C10H18O. The second-order valence-corrected chi connectivity index (χ2v) is 4.17. The first-order chi connectivity index (χ1) is 5.38. The molecule has 0 N–H and O–H groups in total. The maximum Gasteiger partial charge on any atom is 0.0650 e. The predicted molar refractivity (Wildman–Crippen MR) is 45.5 cm³/mol. The fraction of sp³-hybridized carbons (Fsp3) is 1.00. The third-order valence-corrected chi connectivity index (χ3v) is 3.23.